The number of carbonyl (C=O) groups is 3. The topological polar surface area (TPSA) is 78.9 Å². The molecule has 6 nitrogen and oxygen atoms in total. The molecule has 0 aromatic rings. The second-order valence-electron chi connectivity index (χ2n) is 16.6. The van der Waals surface area contributed by atoms with Gasteiger partial charge < -0.3 is 14.2 Å². The summed E-state index contributed by atoms with van der Waals surface area (Å²) in [5, 5.41) is 0. The van der Waals surface area contributed by atoms with Crippen molar-refractivity contribution < 1.29 is 28.6 Å². The lowest BCUT2D eigenvalue weighted by Crippen LogP contribution is -2.30. The van der Waals surface area contributed by atoms with Crippen LogP contribution in [0.15, 0.2) is 0 Å². The Morgan fingerprint density at radius 3 is 0.942 bits per heavy atom. The summed E-state index contributed by atoms with van der Waals surface area (Å²) >= 11 is 0. The Morgan fingerprint density at radius 1 is 0.365 bits per heavy atom. The molecule has 0 saturated heterocycles. The van der Waals surface area contributed by atoms with Gasteiger partial charge >= 0.3 is 17.9 Å². The molecule has 0 aromatic heterocycles. The zero-order valence-corrected chi connectivity index (χ0v) is 35.4. The predicted molar refractivity (Wildman–Crippen MR) is 220 cm³/mol. The van der Waals surface area contributed by atoms with Crippen molar-refractivity contribution in [3.05, 3.63) is 0 Å². The van der Waals surface area contributed by atoms with Gasteiger partial charge in [-0.2, -0.15) is 0 Å². The minimum Gasteiger partial charge on any atom is -0.462 e. The molecule has 0 radical (unpaired) electrons. The van der Waals surface area contributed by atoms with Gasteiger partial charge in [0, 0.05) is 19.3 Å². The van der Waals surface area contributed by atoms with Crippen molar-refractivity contribution in [1.29, 1.82) is 0 Å². The number of rotatable bonds is 40. The van der Waals surface area contributed by atoms with E-state index in [1.165, 1.54) is 135 Å². The van der Waals surface area contributed by atoms with Crippen LogP contribution in [0.3, 0.4) is 0 Å². The minimum absolute atomic E-state index is 0.0662. The van der Waals surface area contributed by atoms with Crippen LogP contribution in [0.5, 0.6) is 0 Å². The Labute approximate surface area is 323 Å². The van der Waals surface area contributed by atoms with Crippen LogP contribution in [-0.4, -0.2) is 37.2 Å². The Hall–Kier alpha value is -1.59. The Kier molecular flexibility index (Phi) is 37.9. The van der Waals surface area contributed by atoms with E-state index in [1.807, 2.05) is 0 Å². The molecule has 0 amide bonds. The van der Waals surface area contributed by atoms with E-state index in [2.05, 4.69) is 34.6 Å². The van der Waals surface area contributed by atoms with Crippen LogP contribution in [0.4, 0.5) is 0 Å². The summed E-state index contributed by atoms with van der Waals surface area (Å²) in [5.41, 5.74) is 0. The van der Waals surface area contributed by atoms with Gasteiger partial charge in [0.1, 0.15) is 13.2 Å². The molecule has 0 saturated carbocycles. The predicted octanol–water partition coefficient (Wildman–Crippen LogP) is 14.2. The molecule has 0 fully saturated rings. The zero-order chi connectivity index (χ0) is 38.3. The van der Waals surface area contributed by atoms with E-state index in [1.54, 1.807) is 0 Å². The monoisotopic (exact) mass is 737 g/mol. The van der Waals surface area contributed by atoms with E-state index in [-0.39, 0.29) is 31.1 Å². The Bertz CT molecular complexity index is 794. The summed E-state index contributed by atoms with van der Waals surface area (Å²) in [4.78, 5) is 37.6. The van der Waals surface area contributed by atoms with Crippen molar-refractivity contribution in [3.8, 4) is 0 Å². The van der Waals surface area contributed by atoms with Gasteiger partial charge in [-0.15, -0.1) is 0 Å². The lowest BCUT2D eigenvalue weighted by atomic mass is 10.0. The maximum absolute atomic E-state index is 12.6. The van der Waals surface area contributed by atoms with Crippen molar-refractivity contribution in [2.24, 2.45) is 11.8 Å². The number of hydrogen-bond donors (Lipinski definition) is 0. The lowest BCUT2D eigenvalue weighted by molar-refractivity contribution is -0.167. The summed E-state index contributed by atoms with van der Waals surface area (Å²) in [5.74, 6) is 0.675. The number of carbonyl (C=O) groups excluding carboxylic acids is 3. The highest BCUT2D eigenvalue weighted by Gasteiger charge is 2.19. The molecule has 308 valence electrons. The van der Waals surface area contributed by atoms with E-state index in [9.17, 15) is 14.4 Å². The molecular formula is C46H88O6. The fraction of sp³-hybridized carbons (Fsp3) is 0.935. The molecule has 0 heterocycles. The third-order valence-corrected chi connectivity index (χ3v) is 10.2. The average molecular weight is 737 g/mol. The van der Waals surface area contributed by atoms with Crippen LogP contribution >= 0.6 is 0 Å². The first-order valence-electron chi connectivity index (χ1n) is 22.7. The fourth-order valence-electron chi connectivity index (χ4n) is 6.75. The smallest absolute Gasteiger partial charge is 0.306 e. The molecule has 0 aliphatic rings. The largest absolute Gasteiger partial charge is 0.462 e. The van der Waals surface area contributed by atoms with Crippen molar-refractivity contribution in [2.45, 2.75) is 253 Å². The van der Waals surface area contributed by atoms with Gasteiger partial charge in [0.05, 0.1) is 0 Å². The number of ether oxygens (including phenoxy) is 3. The van der Waals surface area contributed by atoms with Gasteiger partial charge in [0.25, 0.3) is 0 Å². The molecule has 52 heavy (non-hydrogen) atoms. The summed E-state index contributed by atoms with van der Waals surface area (Å²) in [7, 11) is 0. The maximum atomic E-state index is 12.6. The number of unbranched alkanes of at least 4 members (excludes halogenated alkanes) is 25. The van der Waals surface area contributed by atoms with Crippen molar-refractivity contribution in [1.82, 2.24) is 0 Å². The van der Waals surface area contributed by atoms with Crippen LogP contribution in [0, 0.1) is 11.8 Å². The molecule has 0 aromatic carbocycles. The molecule has 0 bridgehead atoms. The zero-order valence-electron chi connectivity index (χ0n) is 35.4. The lowest BCUT2D eigenvalue weighted by Gasteiger charge is -2.18. The molecule has 0 spiro atoms. The van der Waals surface area contributed by atoms with E-state index in [0.717, 1.165) is 69.6 Å². The normalized spacial score (nSPS) is 12.1. The van der Waals surface area contributed by atoms with Crippen LogP contribution in [0.1, 0.15) is 247 Å². The minimum atomic E-state index is -0.761. The van der Waals surface area contributed by atoms with E-state index in [4.69, 9.17) is 14.2 Å². The SMILES string of the molecule is CCCCCCCCCCCCCCCCCC(=O)OC[C@@H](COC(=O)CCCCCCCCCC(C)C)OC(=O)CCCCCCCCC(C)C. The van der Waals surface area contributed by atoms with Crippen LogP contribution in [-0.2, 0) is 28.6 Å². The maximum Gasteiger partial charge on any atom is 0.306 e. The van der Waals surface area contributed by atoms with Crippen molar-refractivity contribution in [2.75, 3.05) is 13.2 Å². The van der Waals surface area contributed by atoms with E-state index in [0.29, 0.717) is 19.3 Å². The van der Waals surface area contributed by atoms with Gasteiger partial charge in [0.2, 0.25) is 0 Å². The quantitative estimate of drug-likeness (QED) is 0.0354. The molecule has 0 unspecified atom stereocenters. The molecule has 1 atom stereocenters. The van der Waals surface area contributed by atoms with Gasteiger partial charge in [0.15, 0.2) is 6.10 Å². The van der Waals surface area contributed by atoms with Crippen LogP contribution in [0.25, 0.3) is 0 Å². The summed E-state index contributed by atoms with van der Waals surface area (Å²) in [6.07, 6.45) is 36.8. The van der Waals surface area contributed by atoms with Gasteiger partial charge in [-0.1, -0.05) is 208 Å². The summed E-state index contributed by atoms with van der Waals surface area (Å²) in [6, 6.07) is 0. The number of esters is 3. The van der Waals surface area contributed by atoms with Crippen molar-refractivity contribution in [3.63, 3.8) is 0 Å². The third kappa shape index (κ3) is 39.6. The third-order valence-electron chi connectivity index (χ3n) is 10.2. The molecule has 0 rings (SSSR count). The molecule has 0 aliphatic heterocycles. The number of hydrogen-bond acceptors (Lipinski definition) is 6. The standard InChI is InChI=1S/C46H88O6/c1-6-7-8-9-10-11-12-13-14-15-16-17-20-26-31-36-44(47)50-39-43(52-46(49)38-33-28-23-22-25-30-35-42(4)5)40-51-45(48)37-32-27-21-18-19-24-29-34-41(2)3/h41-43H,6-40H2,1-5H3/t43-/m0/s1. The van der Waals surface area contributed by atoms with Gasteiger partial charge in [-0.05, 0) is 31.1 Å². The highest BCUT2D eigenvalue weighted by molar-refractivity contribution is 5.71. The second kappa shape index (κ2) is 39.1. The summed E-state index contributed by atoms with van der Waals surface area (Å²) in [6.45, 7) is 11.2. The summed E-state index contributed by atoms with van der Waals surface area (Å²) < 4.78 is 16.7. The average Bonchev–Trinajstić information content (AvgIpc) is 3.11. The molecule has 0 aliphatic carbocycles. The van der Waals surface area contributed by atoms with Crippen LogP contribution < -0.4 is 0 Å². The van der Waals surface area contributed by atoms with Gasteiger partial charge in [-0.25, -0.2) is 0 Å². The molecular weight excluding hydrogens is 648 g/mol. The first-order valence-corrected chi connectivity index (χ1v) is 22.7. The van der Waals surface area contributed by atoms with Crippen molar-refractivity contribution >= 4 is 17.9 Å². The highest BCUT2D eigenvalue weighted by atomic mass is 16.6. The first kappa shape index (κ1) is 50.4. The first-order chi connectivity index (χ1) is 25.2. The van der Waals surface area contributed by atoms with E-state index < -0.39 is 6.10 Å². The van der Waals surface area contributed by atoms with Gasteiger partial charge in [-0.3, -0.25) is 14.4 Å². The highest BCUT2D eigenvalue weighted by Crippen LogP contribution is 2.16. The Balaban J connectivity index is 4.28. The molecule has 6 heteroatoms. The Morgan fingerprint density at radius 2 is 0.635 bits per heavy atom. The fourth-order valence-corrected chi connectivity index (χ4v) is 6.75. The van der Waals surface area contributed by atoms with E-state index >= 15 is 0 Å². The second-order valence-corrected chi connectivity index (χ2v) is 16.6. The van der Waals surface area contributed by atoms with Crippen LogP contribution in [0.2, 0.25) is 0 Å². The molecule has 0 N–H and O–H groups in total.